The number of carbonyl (C=O) groups excluding carboxylic acids is 1. The van der Waals surface area contributed by atoms with E-state index in [1.54, 1.807) is 13.0 Å². The number of nitro groups is 1. The number of ether oxygens (including phenoxy) is 1. The first kappa shape index (κ1) is 16.4. The van der Waals surface area contributed by atoms with Gasteiger partial charge in [-0.25, -0.2) is 4.79 Å². The second-order valence-corrected chi connectivity index (χ2v) is 5.20. The Morgan fingerprint density at radius 2 is 2.25 bits per heavy atom. The summed E-state index contributed by atoms with van der Waals surface area (Å²) in [5, 5.41) is 10.7. The first-order valence-corrected chi connectivity index (χ1v) is 7.00. The highest BCUT2D eigenvalue weighted by atomic mass is 79.9. The number of hydrogen-bond donors (Lipinski definition) is 0. The van der Waals surface area contributed by atoms with Crippen molar-refractivity contribution < 1.29 is 14.5 Å². The molecule has 0 amide bonds. The molecule has 6 heteroatoms. The maximum Gasteiger partial charge on any atom is 0.334 e. The average Bonchev–Trinajstić information content (AvgIpc) is 2.38. The number of esters is 1. The van der Waals surface area contributed by atoms with E-state index in [1.807, 2.05) is 24.3 Å². The average molecular weight is 342 g/mol. The van der Waals surface area contributed by atoms with Crippen LogP contribution in [0.1, 0.15) is 25.8 Å². The van der Waals surface area contributed by atoms with Gasteiger partial charge in [-0.2, -0.15) is 0 Å². The lowest BCUT2D eigenvalue weighted by Gasteiger charge is -2.08. The van der Waals surface area contributed by atoms with Gasteiger partial charge in [-0.05, 0) is 30.7 Å². The van der Waals surface area contributed by atoms with Crippen LogP contribution in [0, 0.1) is 10.1 Å². The van der Waals surface area contributed by atoms with Crippen molar-refractivity contribution in [3.05, 3.63) is 50.0 Å². The van der Waals surface area contributed by atoms with Crippen LogP contribution in [0.15, 0.2) is 34.3 Å². The smallest absolute Gasteiger partial charge is 0.334 e. The number of hydrogen-bond acceptors (Lipinski definition) is 4. The number of rotatable bonds is 6. The molecule has 0 fully saturated rings. The molecule has 0 bridgehead atoms. The Balaban J connectivity index is 3.03. The van der Waals surface area contributed by atoms with Gasteiger partial charge in [0.1, 0.15) is 0 Å². The minimum absolute atomic E-state index is 0.0400. The summed E-state index contributed by atoms with van der Waals surface area (Å²) in [5.41, 5.74) is 1.09. The van der Waals surface area contributed by atoms with Crippen LogP contribution in [0.25, 0.3) is 6.08 Å². The lowest BCUT2D eigenvalue weighted by Crippen LogP contribution is -2.19. The van der Waals surface area contributed by atoms with Gasteiger partial charge in [-0.1, -0.05) is 28.1 Å². The molecule has 0 aromatic heterocycles. The summed E-state index contributed by atoms with van der Waals surface area (Å²) in [5.74, 6) is -0.513. The summed E-state index contributed by atoms with van der Waals surface area (Å²) >= 11 is 3.34. The Hall–Kier alpha value is -1.69. The first-order chi connectivity index (χ1) is 9.43. The SMILES string of the molecule is CCOC(=O)/C(=C\c1cccc(Br)c1)C[C@H](C)[N+](=O)[O-]. The highest BCUT2D eigenvalue weighted by Crippen LogP contribution is 2.18. The largest absolute Gasteiger partial charge is 0.463 e. The van der Waals surface area contributed by atoms with E-state index < -0.39 is 16.9 Å². The maximum absolute atomic E-state index is 11.9. The van der Waals surface area contributed by atoms with Crippen LogP contribution in [-0.2, 0) is 9.53 Å². The minimum atomic E-state index is -0.835. The van der Waals surface area contributed by atoms with Gasteiger partial charge in [-0.3, -0.25) is 10.1 Å². The molecule has 1 aromatic carbocycles. The fraction of sp³-hybridized carbons (Fsp3) is 0.357. The third-order valence-corrected chi connectivity index (χ3v) is 3.10. The molecule has 0 radical (unpaired) electrons. The molecular formula is C14H16BrNO4. The van der Waals surface area contributed by atoms with Crippen molar-refractivity contribution in [2.45, 2.75) is 26.3 Å². The third kappa shape index (κ3) is 5.13. The Kier molecular flexibility index (Phi) is 6.38. The molecule has 0 unspecified atom stereocenters. The molecule has 0 saturated carbocycles. The van der Waals surface area contributed by atoms with Crippen LogP contribution in [-0.4, -0.2) is 23.5 Å². The standard InChI is InChI=1S/C14H16BrNO4/c1-3-20-14(17)12(7-10(2)16(18)19)8-11-5-4-6-13(15)9-11/h4-6,8-10H,3,7H2,1-2H3/b12-8-/t10-/m0/s1. The van der Waals surface area contributed by atoms with E-state index in [4.69, 9.17) is 4.74 Å². The highest BCUT2D eigenvalue weighted by Gasteiger charge is 2.21. The topological polar surface area (TPSA) is 69.4 Å². The Bertz CT molecular complexity index is 528. The zero-order valence-electron chi connectivity index (χ0n) is 11.3. The monoisotopic (exact) mass is 341 g/mol. The Morgan fingerprint density at radius 1 is 1.55 bits per heavy atom. The lowest BCUT2D eigenvalue weighted by molar-refractivity contribution is -0.517. The van der Waals surface area contributed by atoms with E-state index in [0.29, 0.717) is 5.57 Å². The van der Waals surface area contributed by atoms with Gasteiger partial charge < -0.3 is 4.74 Å². The molecule has 1 rings (SSSR count). The van der Waals surface area contributed by atoms with E-state index >= 15 is 0 Å². The second kappa shape index (κ2) is 7.79. The molecule has 108 valence electrons. The zero-order chi connectivity index (χ0) is 15.1. The molecule has 0 saturated heterocycles. The molecule has 0 heterocycles. The maximum atomic E-state index is 11.9. The summed E-state index contributed by atoms with van der Waals surface area (Å²) in [6, 6.07) is 6.51. The van der Waals surface area contributed by atoms with Gasteiger partial charge in [0.2, 0.25) is 6.04 Å². The van der Waals surface area contributed by atoms with Gasteiger partial charge >= 0.3 is 5.97 Å². The molecule has 0 N–H and O–H groups in total. The third-order valence-electron chi connectivity index (χ3n) is 2.60. The van der Waals surface area contributed by atoms with E-state index in [9.17, 15) is 14.9 Å². The number of carbonyl (C=O) groups is 1. The minimum Gasteiger partial charge on any atom is -0.463 e. The quantitative estimate of drug-likeness (QED) is 0.344. The van der Waals surface area contributed by atoms with Crippen molar-refractivity contribution in [2.24, 2.45) is 0 Å². The Morgan fingerprint density at radius 3 is 2.80 bits per heavy atom. The molecule has 0 spiro atoms. The van der Waals surface area contributed by atoms with Crippen molar-refractivity contribution >= 4 is 28.0 Å². The van der Waals surface area contributed by atoms with E-state index in [-0.39, 0.29) is 13.0 Å². The predicted molar refractivity (Wildman–Crippen MR) is 79.8 cm³/mol. The van der Waals surface area contributed by atoms with Crippen molar-refractivity contribution in [1.29, 1.82) is 0 Å². The summed E-state index contributed by atoms with van der Waals surface area (Å²) in [4.78, 5) is 22.2. The summed E-state index contributed by atoms with van der Waals surface area (Å²) in [6.45, 7) is 3.40. The normalized spacial score (nSPS) is 12.8. The van der Waals surface area contributed by atoms with Crippen molar-refractivity contribution in [1.82, 2.24) is 0 Å². The molecule has 5 nitrogen and oxygen atoms in total. The molecule has 20 heavy (non-hydrogen) atoms. The van der Waals surface area contributed by atoms with Crippen LogP contribution < -0.4 is 0 Å². The van der Waals surface area contributed by atoms with Crippen LogP contribution in [0.2, 0.25) is 0 Å². The molecule has 1 atom stereocenters. The highest BCUT2D eigenvalue weighted by molar-refractivity contribution is 9.10. The molecule has 0 aliphatic carbocycles. The fourth-order valence-electron chi connectivity index (χ4n) is 1.62. The van der Waals surface area contributed by atoms with E-state index in [1.165, 1.54) is 6.92 Å². The Labute approximate surface area is 125 Å². The summed E-state index contributed by atoms with van der Waals surface area (Å²) in [6.07, 6.45) is 1.67. The van der Waals surface area contributed by atoms with Crippen LogP contribution in [0.3, 0.4) is 0 Å². The first-order valence-electron chi connectivity index (χ1n) is 6.20. The number of halogens is 1. The molecular weight excluding hydrogens is 326 g/mol. The summed E-state index contributed by atoms with van der Waals surface area (Å²) in [7, 11) is 0. The zero-order valence-corrected chi connectivity index (χ0v) is 12.9. The van der Waals surface area contributed by atoms with Gasteiger partial charge in [0.15, 0.2) is 0 Å². The molecule has 0 aliphatic heterocycles. The van der Waals surface area contributed by atoms with Crippen LogP contribution >= 0.6 is 15.9 Å². The molecule has 0 aliphatic rings. The van der Waals surface area contributed by atoms with Crippen LogP contribution in [0.4, 0.5) is 0 Å². The molecule has 1 aromatic rings. The van der Waals surface area contributed by atoms with Gasteiger partial charge in [0.05, 0.1) is 6.61 Å². The van der Waals surface area contributed by atoms with Crippen molar-refractivity contribution in [2.75, 3.05) is 6.61 Å². The van der Waals surface area contributed by atoms with E-state index in [0.717, 1.165) is 10.0 Å². The second-order valence-electron chi connectivity index (χ2n) is 4.28. The predicted octanol–water partition coefficient (Wildman–Crippen LogP) is 3.45. The van der Waals surface area contributed by atoms with Gasteiger partial charge in [0, 0.05) is 28.3 Å². The van der Waals surface area contributed by atoms with E-state index in [2.05, 4.69) is 15.9 Å². The van der Waals surface area contributed by atoms with Crippen molar-refractivity contribution in [3.8, 4) is 0 Å². The lowest BCUT2D eigenvalue weighted by atomic mass is 10.0. The van der Waals surface area contributed by atoms with Crippen LogP contribution in [0.5, 0.6) is 0 Å². The fourth-order valence-corrected chi connectivity index (χ4v) is 2.03. The summed E-state index contributed by atoms with van der Waals surface area (Å²) < 4.78 is 5.82. The van der Waals surface area contributed by atoms with Crippen molar-refractivity contribution in [3.63, 3.8) is 0 Å². The van der Waals surface area contributed by atoms with Gasteiger partial charge in [0.25, 0.3) is 0 Å². The van der Waals surface area contributed by atoms with Gasteiger partial charge in [-0.15, -0.1) is 0 Å². The number of nitrogens with zero attached hydrogens (tertiary/aromatic N) is 1. The number of benzene rings is 1.